The van der Waals surface area contributed by atoms with Gasteiger partial charge in [-0.25, -0.2) is 0 Å². The molecule has 0 aromatic carbocycles. The summed E-state index contributed by atoms with van der Waals surface area (Å²) in [5.74, 6) is 3.54. The van der Waals surface area contributed by atoms with E-state index < -0.39 is 14.9 Å². The third-order valence-corrected chi connectivity index (χ3v) is 2.15. The summed E-state index contributed by atoms with van der Waals surface area (Å²) >= 11 is 0. The van der Waals surface area contributed by atoms with Crippen molar-refractivity contribution in [1.82, 2.24) is 0 Å². The molecular formula is C8H16O2S. The first-order valence-corrected chi connectivity index (χ1v) is 5.76. The largest absolute Gasteiger partial charge is 0.298 e. The molecule has 66 valence electrons. The van der Waals surface area contributed by atoms with E-state index in [1.165, 1.54) is 6.26 Å². The maximum Gasteiger partial charge on any atom is 0.150 e. The fourth-order valence-corrected chi connectivity index (χ4v) is 1.48. The molecule has 0 radical (unpaired) electrons. The van der Waals surface area contributed by atoms with Crippen molar-refractivity contribution in [3.63, 3.8) is 0 Å². The summed E-state index contributed by atoms with van der Waals surface area (Å²) in [4.78, 5) is 11.3. The molecule has 11 heavy (non-hydrogen) atoms. The Morgan fingerprint density at radius 2 is 1.82 bits per heavy atom. The molecule has 0 amide bonds. The lowest BCUT2D eigenvalue weighted by Gasteiger charge is -2.16. The minimum Gasteiger partial charge on any atom is -0.298 e. The lowest BCUT2D eigenvalue weighted by atomic mass is 9.92. The van der Waals surface area contributed by atoms with Crippen molar-refractivity contribution in [2.24, 2.45) is 5.41 Å². The minimum absolute atomic E-state index is 0.0139. The van der Waals surface area contributed by atoms with Crippen LogP contribution >= 0.6 is 0 Å². The van der Waals surface area contributed by atoms with Gasteiger partial charge in [-0.2, -0.15) is 0 Å². The predicted octanol–water partition coefficient (Wildman–Crippen LogP) is 0.948. The summed E-state index contributed by atoms with van der Waals surface area (Å²) in [6, 6.07) is 0. The highest BCUT2D eigenvalue weighted by atomic mass is 32.2. The van der Waals surface area contributed by atoms with Gasteiger partial charge in [0.1, 0.15) is 5.78 Å². The van der Waals surface area contributed by atoms with Gasteiger partial charge < -0.3 is 0 Å². The number of rotatable bonds is 2. The van der Waals surface area contributed by atoms with Gasteiger partial charge in [-0.1, -0.05) is 20.8 Å². The molecule has 0 aliphatic carbocycles. The van der Waals surface area contributed by atoms with Gasteiger partial charge in [0, 0.05) is 11.7 Å². The summed E-state index contributed by atoms with van der Waals surface area (Å²) in [5.41, 5.74) is -0.393. The molecule has 0 aromatic rings. The molecule has 1 atom stereocenters. The second-order valence-electron chi connectivity index (χ2n) is 4.00. The first-order valence-electron chi connectivity index (χ1n) is 3.46. The Balaban J connectivity index is 4.35. The molecule has 3 heteroatoms. The Morgan fingerprint density at radius 3 is 1.91 bits per heavy atom. The third-order valence-electron chi connectivity index (χ3n) is 1.27. The van der Waals surface area contributed by atoms with Gasteiger partial charge in [0.05, 0.1) is 5.75 Å². The van der Waals surface area contributed by atoms with Crippen LogP contribution in [0.1, 0.15) is 20.8 Å². The zero-order valence-electron chi connectivity index (χ0n) is 7.64. The van der Waals surface area contributed by atoms with E-state index in [0.29, 0.717) is 0 Å². The van der Waals surface area contributed by atoms with Gasteiger partial charge in [-0.3, -0.25) is 9.00 Å². The zero-order valence-corrected chi connectivity index (χ0v) is 8.46. The van der Waals surface area contributed by atoms with Crippen molar-refractivity contribution < 1.29 is 9.00 Å². The van der Waals surface area contributed by atoms with E-state index in [-0.39, 0.29) is 11.5 Å². The summed E-state index contributed by atoms with van der Waals surface area (Å²) in [6.45, 7) is 5.46. The van der Waals surface area contributed by atoms with Crippen LogP contribution < -0.4 is 0 Å². The van der Waals surface area contributed by atoms with E-state index in [1.54, 1.807) is 0 Å². The number of hydrogen-bond donors (Lipinski definition) is 0. The van der Waals surface area contributed by atoms with Crippen molar-refractivity contribution in [2.75, 3.05) is 12.0 Å². The molecule has 0 aromatic heterocycles. The summed E-state index contributed by atoms with van der Waals surface area (Å²) < 4.78 is 11.1. The molecule has 0 rings (SSSR count). The van der Waals surface area contributed by atoms with Crippen LogP contribution in [0, 0.1) is 5.41 Å². The fourth-order valence-electron chi connectivity index (χ4n) is 0.494. The van der Waals surface area contributed by atoms with Crippen LogP contribution in [0.3, 0.4) is 0 Å². The molecule has 0 aliphatic rings. The third kappa shape index (κ3) is 5.01. The fraction of sp³-hybridized carbons (Fsp3) is 0.750. The van der Waals surface area contributed by atoms with Crippen molar-refractivity contribution >= 4 is 21.2 Å². The second-order valence-corrected chi connectivity index (χ2v) is 6.66. The first-order chi connectivity index (χ1) is 4.63. The minimum atomic E-state index is -2.16. The number of ketones is 1. The highest BCUT2D eigenvalue weighted by Gasteiger charge is 2.22. The van der Waals surface area contributed by atoms with Crippen LogP contribution in [0.4, 0.5) is 0 Å². The quantitative estimate of drug-likeness (QED) is 0.587. The molecular weight excluding hydrogens is 160 g/mol. The normalized spacial score (nSPS) is 17.5. The van der Waals surface area contributed by atoms with Crippen molar-refractivity contribution in [3.8, 4) is 0 Å². The van der Waals surface area contributed by atoms with Crippen molar-refractivity contribution in [3.05, 3.63) is 0 Å². The average Bonchev–Trinajstić information content (AvgIpc) is 1.56. The smallest absolute Gasteiger partial charge is 0.150 e. The molecule has 0 N–H and O–H groups in total. The maximum absolute atomic E-state index is 11.3. The van der Waals surface area contributed by atoms with Gasteiger partial charge in [-0.05, 0) is 15.4 Å². The highest BCUT2D eigenvalue weighted by molar-refractivity contribution is 8.00. The van der Waals surface area contributed by atoms with Crippen molar-refractivity contribution in [2.45, 2.75) is 20.8 Å². The van der Waals surface area contributed by atoms with E-state index in [1.807, 2.05) is 20.8 Å². The zero-order chi connectivity index (χ0) is 9.28. The van der Waals surface area contributed by atoms with Crippen LogP contribution in [0.25, 0.3) is 0 Å². The highest BCUT2D eigenvalue weighted by Crippen LogP contribution is 2.15. The van der Waals surface area contributed by atoms with Gasteiger partial charge in [0.15, 0.2) is 0 Å². The Hall–Kier alpha value is -0.310. The average molecular weight is 176 g/mol. The van der Waals surface area contributed by atoms with Gasteiger partial charge in [0.2, 0.25) is 0 Å². The second kappa shape index (κ2) is 2.97. The number of carbonyl (C=O) groups excluding carboxylic acids is 1. The Kier molecular flexibility index (Phi) is 2.89. The van der Waals surface area contributed by atoms with E-state index in [0.717, 1.165) is 0 Å². The molecule has 0 fully saturated rings. The van der Waals surface area contributed by atoms with Crippen LogP contribution in [0.2, 0.25) is 0 Å². The topological polar surface area (TPSA) is 34.1 Å². The summed E-state index contributed by atoms with van der Waals surface area (Å²) in [7, 11) is -2.16. The molecule has 2 nitrogen and oxygen atoms in total. The Morgan fingerprint density at radius 1 is 1.45 bits per heavy atom. The van der Waals surface area contributed by atoms with Crippen molar-refractivity contribution in [1.29, 1.82) is 0 Å². The molecule has 0 spiro atoms. The Bertz CT molecular complexity index is 242. The monoisotopic (exact) mass is 176 g/mol. The molecule has 0 saturated heterocycles. The molecule has 0 bridgehead atoms. The standard InChI is InChI=1S/C8H16O2S/c1-8(2,3)7(9)6-11(4,5)10/h4,6H2,1-3,5H3. The van der Waals surface area contributed by atoms with Crippen LogP contribution in [-0.4, -0.2) is 27.9 Å². The van der Waals surface area contributed by atoms with Crippen LogP contribution in [0.5, 0.6) is 0 Å². The Labute approximate surface area is 69.0 Å². The van der Waals surface area contributed by atoms with E-state index in [9.17, 15) is 9.00 Å². The van der Waals surface area contributed by atoms with E-state index >= 15 is 0 Å². The van der Waals surface area contributed by atoms with Gasteiger partial charge in [-0.15, -0.1) is 0 Å². The number of carbonyl (C=O) groups is 1. The van der Waals surface area contributed by atoms with Gasteiger partial charge >= 0.3 is 0 Å². The lowest BCUT2D eigenvalue weighted by molar-refractivity contribution is -0.123. The number of hydrogen-bond acceptors (Lipinski definition) is 2. The molecule has 0 aliphatic heterocycles. The summed E-state index contributed by atoms with van der Waals surface area (Å²) in [6.07, 6.45) is 1.51. The molecule has 0 saturated carbocycles. The van der Waals surface area contributed by atoms with Gasteiger partial charge in [0.25, 0.3) is 0 Å². The predicted molar refractivity (Wildman–Crippen MR) is 50.5 cm³/mol. The SMILES string of the molecule is C=S(C)(=O)CC(=O)C(C)(C)C. The molecule has 1 unspecified atom stereocenters. The lowest BCUT2D eigenvalue weighted by Crippen LogP contribution is -2.27. The first kappa shape index (κ1) is 10.7. The maximum atomic E-state index is 11.3. The van der Waals surface area contributed by atoms with Crippen LogP contribution in [0.15, 0.2) is 0 Å². The molecule has 0 heterocycles. The van der Waals surface area contributed by atoms with Crippen LogP contribution in [-0.2, 0) is 14.3 Å². The van der Waals surface area contributed by atoms with E-state index in [4.69, 9.17) is 0 Å². The van der Waals surface area contributed by atoms with E-state index in [2.05, 4.69) is 5.87 Å². The summed E-state index contributed by atoms with van der Waals surface area (Å²) in [5, 5.41) is 0. The number of Topliss-reactive ketones (excluding diaryl/α,β-unsaturated/α-hetero) is 1.